The SMILES string of the molecule is CC[C@H](C)[C@H](N)C(=O)NC(C)c1cccc(Br)c1. The molecule has 3 nitrogen and oxygen atoms in total. The van der Waals surface area contributed by atoms with E-state index in [1.807, 2.05) is 45.0 Å². The molecule has 0 fully saturated rings. The highest BCUT2D eigenvalue weighted by molar-refractivity contribution is 9.10. The van der Waals surface area contributed by atoms with Gasteiger partial charge in [-0.3, -0.25) is 4.79 Å². The molecule has 1 rings (SSSR count). The molecule has 0 saturated heterocycles. The number of rotatable bonds is 5. The van der Waals surface area contributed by atoms with E-state index < -0.39 is 6.04 Å². The monoisotopic (exact) mass is 312 g/mol. The van der Waals surface area contributed by atoms with E-state index in [1.54, 1.807) is 0 Å². The highest BCUT2D eigenvalue weighted by Gasteiger charge is 2.21. The van der Waals surface area contributed by atoms with Crippen LogP contribution in [0.3, 0.4) is 0 Å². The fraction of sp³-hybridized carbons (Fsp3) is 0.500. The van der Waals surface area contributed by atoms with E-state index >= 15 is 0 Å². The smallest absolute Gasteiger partial charge is 0.237 e. The van der Waals surface area contributed by atoms with Crippen molar-refractivity contribution in [3.63, 3.8) is 0 Å². The molecule has 4 heteroatoms. The molecule has 0 radical (unpaired) electrons. The minimum atomic E-state index is -0.440. The van der Waals surface area contributed by atoms with Crippen LogP contribution in [-0.2, 0) is 4.79 Å². The Balaban J connectivity index is 2.65. The Labute approximate surface area is 117 Å². The Hall–Kier alpha value is -0.870. The van der Waals surface area contributed by atoms with Gasteiger partial charge in [0.25, 0.3) is 0 Å². The van der Waals surface area contributed by atoms with Crippen LogP contribution in [0.25, 0.3) is 0 Å². The van der Waals surface area contributed by atoms with Crippen molar-refractivity contribution in [2.75, 3.05) is 0 Å². The van der Waals surface area contributed by atoms with Crippen LogP contribution in [0.1, 0.15) is 38.8 Å². The number of hydrogen-bond acceptors (Lipinski definition) is 2. The van der Waals surface area contributed by atoms with Crippen LogP contribution in [0, 0.1) is 5.92 Å². The molecule has 3 N–H and O–H groups in total. The van der Waals surface area contributed by atoms with Crippen molar-refractivity contribution >= 4 is 21.8 Å². The summed E-state index contributed by atoms with van der Waals surface area (Å²) in [6, 6.07) is 7.43. The maximum atomic E-state index is 12.0. The van der Waals surface area contributed by atoms with Gasteiger partial charge in [-0.05, 0) is 30.5 Å². The molecule has 0 spiro atoms. The van der Waals surface area contributed by atoms with E-state index in [2.05, 4.69) is 21.2 Å². The zero-order chi connectivity index (χ0) is 13.7. The zero-order valence-electron chi connectivity index (χ0n) is 11.1. The van der Waals surface area contributed by atoms with Gasteiger partial charge in [-0.1, -0.05) is 48.3 Å². The Morgan fingerprint density at radius 1 is 1.44 bits per heavy atom. The summed E-state index contributed by atoms with van der Waals surface area (Å²) in [7, 11) is 0. The first-order chi connectivity index (χ1) is 8.45. The zero-order valence-corrected chi connectivity index (χ0v) is 12.7. The lowest BCUT2D eigenvalue weighted by Gasteiger charge is -2.21. The Kier molecular flexibility index (Phi) is 5.82. The summed E-state index contributed by atoms with van der Waals surface area (Å²) in [5.74, 6) is 0.108. The van der Waals surface area contributed by atoms with Gasteiger partial charge in [-0.25, -0.2) is 0 Å². The summed E-state index contributed by atoms with van der Waals surface area (Å²) in [6.07, 6.45) is 0.903. The lowest BCUT2D eigenvalue weighted by atomic mass is 9.98. The van der Waals surface area contributed by atoms with Gasteiger partial charge in [-0.2, -0.15) is 0 Å². The van der Waals surface area contributed by atoms with Crippen LogP contribution in [0.5, 0.6) is 0 Å². The number of benzene rings is 1. The van der Waals surface area contributed by atoms with Gasteiger partial charge in [0.2, 0.25) is 5.91 Å². The maximum Gasteiger partial charge on any atom is 0.237 e. The lowest BCUT2D eigenvalue weighted by Crippen LogP contribution is -2.45. The number of nitrogens with two attached hydrogens (primary N) is 1. The first-order valence-electron chi connectivity index (χ1n) is 6.27. The van der Waals surface area contributed by atoms with Crippen molar-refractivity contribution in [3.8, 4) is 0 Å². The van der Waals surface area contributed by atoms with Crippen LogP contribution in [0.4, 0.5) is 0 Å². The topological polar surface area (TPSA) is 55.1 Å². The van der Waals surface area contributed by atoms with Crippen molar-refractivity contribution in [2.24, 2.45) is 11.7 Å². The maximum absolute atomic E-state index is 12.0. The summed E-state index contributed by atoms with van der Waals surface area (Å²) in [6.45, 7) is 5.99. The van der Waals surface area contributed by atoms with Crippen molar-refractivity contribution in [3.05, 3.63) is 34.3 Å². The molecule has 1 aromatic rings. The molecular weight excluding hydrogens is 292 g/mol. The van der Waals surface area contributed by atoms with Crippen LogP contribution in [0.2, 0.25) is 0 Å². The third-order valence-electron chi connectivity index (χ3n) is 3.27. The molecule has 0 aliphatic heterocycles. The van der Waals surface area contributed by atoms with E-state index in [0.29, 0.717) is 0 Å². The van der Waals surface area contributed by atoms with E-state index in [9.17, 15) is 4.79 Å². The molecule has 0 aliphatic rings. The minimum absolute atomic E-state index is 0.0369. The molecule has 1 aromatic carbocycles. The van der Waals surface area contributed by atoms with Crippen molar-refractivity contribution < 1.29 is 4.79 Å². The summed E-state index contributed by atoms with van der Waals surface area (Å²) >= 11 is 3.42. The minimum Gasteiger partial charge on any atom is -0.348 e. The molecule has 1 unspecified atom stereocenters. The quantitative estimate of drug-likeness (QED) is 0.878. The van der Waals surface area contributed by atoms with E-state index in [-0.39, 0.29) is 17.9 Å². The van der Waals surface area contributed by atoms with Crippen LogP contribution >= 0.6 is 15.9 Å². The molecule has 0 aromatic heterocycles. The third-order valence-corrected chi connectivity index (χ3v) is 3.76. The molecule has 0 aliphatic carbocycles. The fourth-order valence-corrected chi connectivity index (χ4v) is 2.10. The first-order valence-corrected chi connectivity index (χ1v) is 7.06. The Morgan fingerprint density at radius 2 is 2.11 bits per heavy atom. The second-order valence-electron chi connectivity index (χ2n) is 4.70. The molecule has 100 valence electrons. The van der Waals surface area contributed by atoms with Crippen molar-refractivity contribution in [1.82, 2.24) is 5.32 Å². The highest BCUT2D eigenvalue weighted by Crippen LogP contribution is 2.18. The molecular formula is C14H21BrN2O. The van der Waals surface area contributed by atoms with Crippen LogP contribution in [0.15, 0.2) is 28.7 Å². The molecule has 0 saturated carbocycles. The van der Waals surface area contributed by atoms with E-state index in [1.165, 1.54) is 0 Å². The van der Waals surface area contributed by atoms with Gasteiger partial charge in [0, 0.05) is 4.47 Å². The normalized spacial score (nSPS) is 15.8. The largest absolute Gasteiger partial charge is 0.348 e. The molecule has 0 heterocycles. The standard InChI is InChI=1S/C14H21BrN2O/c1-4-9(2)13(16)14(18)17-10(3)11-6-5-7-12(15)8-11/h5-10,13H,4,16H2,1-3H3,(H,17,18)/t9-,10?,13-/m0/s1. The number of hydrogen-bond donors (Lipinski definition) is 2. The predicted molar refractivity (Wildman–Crippen MR) is 78.1 cm³/mol. The number of amides is 1. The second-order valence-corrected chi connectivity index (χ2v) is 5.61. The van der Waals surface area contributed by atoms with Gasteiger partial charge >= 0.3 is 0 Å². The van der Waals surface area contributed by atoms with E-state index in [4.69, 9.17) is 5.73 Å². The molecule has 0 bridgehead atoms. The summed E-state index contributed by atoms with van der Waals surface area (Å²) in [5, 5.41) is 2.95. The van der Waals surface area contributed by atoms with Crippen molar-refractivity contribution in [2.45, 2.75) is 39.3 Å². The number of halogens is 1. The molecule has 1 amide bonds. The van der Waals surface area contributed by atoms with E-state index in [0.717, 1.165) is 16.5 Å². The second kappa shape index (κ2) is 6.90. The third kappa shape index (κ3) is 4.10. The van der Waals surface area contributed by atoms with Gasteiger partial charge in [0.1, 0.15) is 0 Å². The number of carbonyl (C=O) groups excluding carboxylic acids is 1. The Bertz CT molecular complexity index is 409. The van der Waals surface area contributed by atoms with Gasteiger partial charge in [0.15, 0.2) is 0 Å². The predicted octanol–water partition coefficient (Wildman–Crippen LogP) is 3.00. The van der Waals surface area contributed by atoms with Gasteiger partial charge in [-0.15, -0.1) is 0 Å². The number of carbonyl (C=O) groups is 1. The lowest BCUT2D eigenvalue weighted by molar-refractivity contribution is -0.124. The fourth-order valence-electron chi connectivity index (χ4n) is 1.68. The van der Waals surface area contributed by atoms with Gasteiger partial charge in [0.05, 0.1) is 12.1 Å². The van der Waals surface area contributed by atoms with Crippen LogP contribution in [-0.4, -0.2) is 11.9 Å². The van der Waals surface area contributed by atoms with Crippen LogP contribution < -0.4 is 11.1 Å². The summed E-state index contributed by atoms with van der Waals surface area (Å²) in [5.41, 5.74) is 6.97. The average Bonchev–Trinajstić information content (AvgIpc) is 2.36. The van der Waals surface area contributed by atoms with Gasteiger partial charge < -0.3 is 11.1 Å². The molecule has 18 heavy (non-hydrogen) atoms. The highest BCUT2D eigenvalue weighted by atomic mass is 79.9. The summed E-state index contributed by atoms with van der Waals surface area (Å²) < 4.78 is 1.01. The van der Waals surface area contributed by atoms with Crippen molar-refractivity contribution in [1.29, 1.82) is 0 Å². The first kappa shape index (κ1) is 15.2. The Morgan fingerprint density at radius 3 is 2.67 bits per heavy atom. The average molecular weight is 313 g/mol. The molecule has 3 atom stereocenters. The number of nitrogens with one attached hydrogen (secondary N) is 1. The summed E-state index contributed by atoms with van der Waals surface area (Å²) in [4.78, 5) is 12.0.